The summed E-state index contributed by atoms with van der Waals surface area (Å²) in [5.74, 6) is 5.92. The minimum absolute atomic E-state index is 0.0866. The van der Waals surface area contributed by atoms with E-state index in [0.717, 1.165) is 12.8 Å². The fourth-order valence-electron chi connectivity index (χ4n) is 2.16. The van der Waals surface area contributed by atoms with E-state index in [2.05, 4.69) is 11.8 Å². The quantitative estimate of drug-likeness (QED) is 0.405. The van der Waals surface area contributed by atoms with Crippen molar-refractivity contribution in [3.63, 3.8) is 0 Å². The van der Waals surface area contributed by atoms with Gasteiger partial charge in [-0.25, -0.2) is 18.2 Å². The Hall–Kier alpha value is -0.650. The second-order valence-corrected chi connectivity index (χ2v) is 7.11. The molecule has 1 aliphatic heterocycles. The van der Waals surface area contributed by atoms with Crippen LogP contribution in [0, 0.1) is 17.8 Å². The van der Waals surface area contributed by atoms with Crippen molar-refractivity contribution in [2.24, 2.45) is 5.92 Å². The fourth-order valence-corrected chi connectivity index (χ4v) is 3.85. The lowest BCUT2D eigenvalue weighted by Gasteiger charge is -2.31. The fraction of sp³-hybridized carbons (Fsp3) is 0.846. The summed E-state index contributed by atoms with van der Waals surface area (Å²) in [4.78, 5) is 0. The number of ether oxygens (including phenoxy) is 1. The zero-order valence-electron chi connectivity index (χ0n) is 12.1. The number of nitrogens with zero attached hydrogens (tertiary/aromatic N) is 1. The van der Waals surface area contributed by atoms with Gasteiger partial charge in [0.15, 0.2) is 0 Å². The molecule has 2 N–H and O–H groups in total. The van der Waals surface area contributed by atoms with E-state index in [1.165, 1.54) is 4.31 Å². The second-order valence-electron chi connectivity index (χ2n) is 5.09. The molecule has 1 heterocycles. The molecule has 1 aliphatic rings. The van der Waals surface area contributed by atoms with E-state index in [-0.39, 0.29) is 5.75 Å². The summed E-state index contributed by atoms with van der Waals surface area (Å²) in [6.45, 7) is 5.52. The van der Waals surface area contributed by atoms with Crippen molar-refractivity contribution in [2.45, 2.75) is 32.7 Å². The molecule has 0 spiro atoms. The Balaban J connectivity index is 2.35. The van der Waals surface area contributed by atoms with Crippen LogP contribution in [-0.4, -0.2) is 56.0 Å². The van der Waals surface area contributed by atoms with E-state index in [9.17, 15) is 8.42 Å². The lowest BCUT2D eigenvalue weighted by Crippen LogP contribution is -2.44. The van der Waals surface area contributed by atoms with Gasteiger partial charge in [-0.15, -0.1) is 5.92 Å². The van der Waals surface area contributed by atoms with Crippen LogP contribution in [-0.2, 0) is 14.8 Å². The zero-order valence-corrected chi connectivity index (χ0v) is 12.9. The number of hydroxylamine groups is 1. The Bertz CT molecular complexity index is 433. The SMILES string of the molecule is CC#CCOCC1CCN(S(=O)(=O)CC(C)NO)CC1. The maximum Gasteiger partial charge on any atom is 0.215 e. The molecule has 0 radical (unpaired) electrons. The minimum atomic E-state index is -3.30. The Morgan fingerprint density at radius 2 is 2.10 bits per heavy atom. The van der Waals surface area contributed by atoms with Gasteiger partial charge in [0.05, 0.1) is 12.4 Å². The summed E-state index contributed by atoms with van der Waals surface area (Å²) in [5.41, 5.74) is 1.97. The zero-order chi connectivity index (χ0) is 15.0. The lowest BCUT2D eigenvalue weighted by atomic mass is 9.99. The first-order chi connectivity index (χ1) is 9.49. The van der Waals surface area contributed by atoms with E-state index in [4.69, 9.17) is 9.94 Å². The van der Waals surface area contributed by atoms with Crippen molar-refractivity contribution in [1.82, 2.24) is 9.79 Å². The van der Waals surface area contributed by atoms with Crippen LogP contribution in [0.5, 0.6) is 0 Å². The summed E-state index contributed by atoms with van der Waals surface area (Å²) >= 11 is 0. The van der Waals surface area contributed by atoms with Gasteiger partial charge in [-0.1, -0.05) is 5.92 Å². The van der Waals surface area contributed by atoms with Crippen LogP contribution in [0.1, 0.15) is 26.7 Å². The highest BCUT2D eigenvalue weighted by atomic mass is 32.2. The van der Waals surface area contributed by atoms with E-state index in [0.29, 0.717) is 32.2 Å². The molecule has 0 amide bonds. The third-order valence-corrected chi connectivity index (χ3v) is 5.43. The van der Waals surface area contributed by atoms with E-state index in [1.54, 1.807) is 13.8 Å². The monoisotopic (exact) mass is 304 g/mol. The van der Waals surface area contributed by atoms with Gasteiger partial charge < -0.3 is 9.94 Å². The average Bonchev–Trinajstić information content (AvgIpc) is 2.43. The molecule has 116 valence electrons. The third kappa shape index (κ3) is 5.77. The van der Waals surface area contributed by atoms with Gasteiger partial charge in [0.25, 0.3) is 0 Å². The second kappa shape index (κ2) is 8.60. The Kier molecular flexibility index (Phi) is 7.48. The Labute approximate surface area is 121 Å². The molecule has 0 aliphatic carbocycles. The molecular formula is C13H24N2O4S. The third-order valence-electron chi connectivity index (χ3n) is 3.35. The van der Waals surface area contributed by atoms with Crippen LogP contribution in [0.3, 0.4) is 0 Å². The number of piperidine rings is 1. The first kappa shape index (κ1) is 17.4. The van der Waals surface area contributed by atoms with Crippen LogP contribution in [0.25, 0.3) is 0 Å². The number of hydrogen-bond acceptors (Lipinski definition) is 5. The molecule has 0 aromatic rings. The van der Waals surface area contributed by atoms with Crippen molar-refractivity contribution in [2.75, 3.05) is 32.1 Å². The molecule has 7 heteroatoms. The van der Waals surface area contributed by atoms with E-state index >= 15 is 0 Å². The first-order valence-electron chi connectivity index (χ1n) is 6.84. The first-order valence-corrected chi connectivity index (χ1v) is 8.45. The molecule has 0 bridgehead atoms. The van der Waals surface area contributed by atoms with Gasteiger partial charge in [0.2, 0.25) is 10.0 Å². The minimum Gasteiger partial charge on any atom is -0.368 e. The van der Waals surface area contributed by atoms with E-state index < -0.39 is 16.1 Å². The van der Waals surface area contributed by atoms with Gasteiger partial charge in [-0.3, -0.25) is 0 Å². The molecule has 1 atom stereocenters. The number of sulfonamides is 1. The van der Waals surface area contributed by atoms with Crippen molar-refractivity contribution in [1.29, 1.82) is 0 Å². The lowest BCUT2D eigenvalue weighted by molar-refractivity contribution is 0.101. The number of rotatable bonds is 7. The Morgan fingerprint density at radius 1 is 1.45 bits per heavy atom. The van der Waals surface area contributed by atoms with Crippen molar-refractivity contribution in [3.05, 3.63) is 0 Å². The highest BCUT2D eigenvalue weighted by molar-refractivity contribution is 7.89. The molecule has 20 heavy (non-hydrogen) atoms. The maximum atomic E-state index is 12.1. The number of hydrogen-bond donors (Lipinski definition) is 2. The molecule has 1 saturated heterocycles. The smallest absolute Gasteiger partial charge is 0.215 e. The molecule has 1 rings (SSSR count). The average molecular weight is 304 g/mol. The van der Waals surface area contributed by atoms with E-state index in [1.807, 2.05) is 5.48 Å². The van der Waals surface area contributed by atoms with Gasteiger partial charge in [0, 0.05) is 19.1 Å². The molecule has 0 aromatic heterocycles. The van der Waals surface area contributed by atoms with Gasteiger partial charge in [-0.05, 0) is 32.6 Å². The molecule has 1 unspecified atom stereocenters. The number of nitrogens with one attached hydrogen (secondary N) is 1. The highest BCUT2D eigenvalue weighted by Gasteiger charge is 2.29. The molecule has 6 nitrogen and oxygen atoms in total. The summed E-state index contributed by atoms with van der Waals surface area (Å²) in [6, 6.07) is -0.464. The predicted molar refractivity (Wildman–Crippen MR) is 76.7 cm³/mol. The normalized spacial score (nSPS) is 19.4. The van der Waals surface area contributed by atoms with Gasteiger partial charge >= 0.3 is 0 Å². The summed E-state index contributed by atoms with van der Waals surface area (Å²) in [7, 11) is -3.30. The van der Waals surface area contributed by atoms with Crippen LogP contribution in [0.4, 0.5) is 0 Å². The largest absolute Gasteiger partial charge is 0.368 e. The molecular weight excluding hydrogens is 280 g/mol. The van der Waals surface area contributed by atoms with Crippen molar-refractivity contribution in [3.8, 4) is 11.8 Å². The standard InChI is InChI=1S/C13H24N2O4S/c1-3-4-9-19-10-13-5-7-15(8-6-13)20(17,18)11-12(2)14-16/h12-14,16H,5-11H2,1-2H3. The van der Waals surface area contributed by atoms with Crippen molar-refractivity contribution < 1.29 is 18.4 Å². The van der Waals surface area contributed by atoms with Gasteiger partial charge in [0.1, 0.15) is 6.61 Å². The summed E-state index contributed by atoms with van der Waals surface area (Å²) < 4.78 is 31.1. The van der Waals surface area contributed by atoms with Crippen LogP contribution in [0.2, 0.25) is 0 Å². The summed E-state index contributed by atoms with van der Waals surface area (Å²) in [6.07, 6.45) is 1.61. The Morgan fingerprint density at radius 3 is 2.65 bits per heavy atom. The van der Waals surface area contributed by atoms with Crippen LogP contribution < -0.4 is 5.48 Å². The van der Waals surface area contributed by atoms with Gasteiger partial charge in [-0.2, -0.15) is 0 Å². The predicted octanol–water partition coefficient (Wildman–Crippen LogP) is 0.435. The molecule has 1 fully saturated rings. The van der Waals surface area contributed by atoms with Crippen LogP contribution >= 0.6 is 0 Å². The summed E-state index contributed by atoms with van der Waals surface area (Å²) in [5, 5.41) is 8.72. The van der Waals surface area contributed by atoms with Crippen molar-refractivity contribution >= 4 is 10.0 Å². The maximum absolute atomic E-state index is 12.1. The topological polar surface area (TPSA) is 78.9 Å². The highest BCUT2D eigenvalue weighted by Crippen LogP contribution is 2.20. The molecule has 0 saturated carbocycles. The van der Waals surface area contributed by atoms with Crippen LogP contribution in [0.15, 0.2) is 0 Å². The molecule has 0 aromatic carbocycles.